The predicted molar refractivity (Wildman–Crippen MR) is 98.4 cm³/mol. The lowest BCUT2D eigenvalue weighted by Crippen LogP contribution is -2.14. The van der Waals surface area contributed by atoms with Crippen molar-refractivity contribution < 1.29 is 18.8 Å². The normalized spacial score (nSPS) is 12.7. The van der Waals surface area contributed by atoms with E-state index in [0.717, 1.165) is 11.3 Å². The Hall–Kier alpha value is -2.08. The van der Waals surface area contributed by atoms with Crippen LogP contribution in [0.4, 0.5) is 0 Å². The fourth-order valence-electron chi connectivity index (χ4n) is 2.12. The Morgan fingerprint density at radius 3 is 2.69 bits per heavy atom. The first-order valence-electron chi connectivity index (χ1n) is 8.59. The van der Waals surface area contributed by atoms with E-state index < -0.39 is 6.10 Å². The molecule has 1 aromatic carbocycles. The Kier molecular flexibility index (Phi) is 6.64. The summed E-state index contributed by atoms with van der Waals surface area (Å²) in [5, 5.41) is 4.63. The van der Waals surface area contributed by atoms with Crippen LogP contribution >= 0.6 is 11.6 Å². The van der Waals surface area contributed by atoms with Crippen LogP contribution in [0.15, 0.2) is 22.7 Å². The minimum absolute atomic E-state index is 0.219. The lowest BCUT2D eigenvalue weighted by atomic mass is 9.96. The molecule has 0 saturated heterocycles. The molecule has 0 aliphatic rings. The molecule has 1 aromatic heterocycles. The molecule has 0 N–H and O–H groups in total. The second-order valence-corrected chi connectivity index (χ2v) is 7.61. The molecular formula is C19H25ClN2O4. The van der Waals surface area contributed by atoms with E-state index in [2.05, 4.69) is 10.1 Å². The summed E-state index contributed by atoms with van der Waals surface area (Å²) >= 11 is 5.97. The van der Waals surface area contributed by atoms with Crippen LogP contribution in [0.1, 0.15) is 63.9 Å². The Morgan fingerprint density at radius 2 is 2.08 bits per heavy atom. The maximum absolute atomic E-state index is 12.0. The molecule has 0 fully saturated rings. The second-order valence-electron chi connectivity index (χ2n) is 7.20. The fourth-order valence-corrected chi connectivity index (χ4v) is 2.24. The Balaban J connectivity index is 1.74. The SMILES string of the molecule is Cc1cc(OCCCC(=O)OC(C)c2nc(C(C)(C)C)no2)ccc1Cl. The van der Waals surface area contributed by atoms with Gasteiger partial charge in [-0.25, -0.2) is 0 Å². The van der Waals surface area contributed by atoms with Gasteiger partial charge in [0, 0.05) is 16.9 Å². The molecule has 0 saturated carbocycles. The Morgan fingerprint density at radius 1 is 1.35 bits per heavy atom. The highest BCUT2D eigenvalue weighted by molar-refractivity contribution is 6.31. The molecule has 2 rings (SSSR count). The number of carbonyl (C=O) groups excluding carboxylic acids is 1. The highest BCUT2D eigenvalue weighted by atomic mass is 35.5. The number of aromatic nitrogens is 2. The summed E-state index contributed by atoms with van der Waals surface area (Å²) in [6.45, 7) is 10.0. The molecular weight excluding hydrogens is 356 g/mol. The number of aryl methyl sites for hydroxylation is 1. The molecule has 1 atom stereocenters. The minimum atomic E-state index is -0.578. The number of esters is 1. The summed E-state index contributed by atoms with van der Waals surface area (Å²) in [6.07, 6.45) is 0.215. The first-order chi connectivity index (χ1) is 12.2. The van der Waals surface area contributed by atoms with Gasteiger partial charge in [-0.05, 0) is 44.0 Å². The number of carbonyl (C=O) groups is 1. The molecule has 0 radical (unpaired) electrons. The Labute approximate surface area is 158 Å². The van der Waals surface area contributed by atoms with E-state index in [1.54, 1.807) is 19.1 Å². The van der Waals surface area contributed by atoms with Crippen molar-refractivity contribution >= 4 is 17.6 Å². The van der Waals surface area contributed by atoms with Gasteiger partial charge >= 0.3 is 5.97 Å². The highest BCUT2D eigenvalue weighted by Gasteiger charge is 2.24. The van der Waals surface area contributed by atoms with Crippen LogP contribution in [0, 0.1) is 6.92 Å². The minimum Gasteiger partial charge on any atom is -0.494 e. The standard InChI is InChI=1S/C19H25ClN2O4/c1-12-11-14(8-9-15(12)20)24-10-6-7-16(23)25-13(2)17-21-18(22-26-17)19(3,4)5/h8-9,11,13H,6-7,10H2,1-5H3. The van der Waals surface area contributed by atoms with Crippen LogP contribution in [0.2, 0.25) is 5.02 Å². The summed E-state index contributed by atoms with van der Waals surface area (Å²) in [5.41, 5.74) is 0.731. The van der Waals surface area contributed by atoms with E-state index in [-0.39, 0.29) is 17.8 Å². The van der Waals surface area contributed by atoms with E-state index >= 15 is 0 Å². The van der Waals surface area contributed by atoms with Crippen LogP contribution in [-0.2, 0) is 14.9 Å². The summed E-state index contributed by atoms with van der Waals surface area (Å²) in [6, 6.07) is 5.46. The summed E-state index contributed by atoms with van der Waals surface area (Å²) in [4.78, 5) is 16.3. The maximum Gasteiger partial charge on any atom is 0.306 e. The average molecular weight is 381 g/mol. The number of benzene rings is 1. The van der Waals surface area contributed by atoms with Gasteiger partial charge in [-0.3, -0.25) is 4.79 Å². The van der Waals surface area contributed by atoms with Gasteiger partial charge in [0.15, 0.2) is 11.9 Å². The van der Waals surface area contributed by atoms with Gasteiger partial charge in [-0.15, -0.1) is 0 Å². The second kappa shape index (κ2) is 8.54. The van der Waals surface area contributed by atoms with E-state index in [4.69, 9.17) is 25.6 Å². The molecule has 7 heteroatoms. The van der Waals surface area contributed by atoms with Crippen molar-refractivity contribution in [3.8, 4) is 5.75 Å². The molecule has 1 unspecified atom stereocenters. The third-order valence-electron chi connectivity index (χ3n) is 3.69. The van der Waals surface area contributed by atoms with Crippen molar-refractivity contribution in [2.45, 2.75) is 59.0 Å². The fraction of sp³-hybridized carbons (Fsp3) is 0.526. The molecule has 0 amide bonds. The summed E-state index contributed by atoms with van der Waals surface area (Å²) in [7, 11) is 0. The van der Waals surface area contributed by atoms with Gasteiger partial charge in [-0.2, -0.15) is 4.98 Å². The average Bonchev–Trinajstić information content (AvgIpc) is 3.05. The number of rotatable bonds is 7. The van der Waals surface area contributed by atoms with Crippen molar-refractivity contribution in [2.75, 3.05) is 6.61 Å². The van der Waals surface area contributed by atoms with Gasteiger partial charge in [0.1, 0.15) is 5.75 Å². The predicted octanol–water partition coefficient (Wildman–Crippen LogP) is 4.79. The van der Waals surface area contributed by atoms with Gasteiger partial charge in [0.05, 0.1) is 6.61 Å². The third kappa shape index (κ3) is 5.73. The number of halogens is 1. The van der Waals surface area contributed by atoms with Crippen LogP contribution < -0.4 is 4.74 Å². The monoisotopic (exact) mass is 380 g/mol. The van der Waals surface area contributed by atoms with Crippen LogP contribution in [0.25, 0.3) is 0 Å². The van der Waals surface area contributed by atoms with Crippen molar-refractivity contribution in [3.63, 3.8) is 0 Å². The van der Waals surface area contributed by atoms with Gasteiger partial charge in [0.2, 0.25) is 0 Å². The topological polar surface area (TPSA) is 74.5 Å². The van der Waals surface area contributed by atoms with Crippen molar-refractivity contribution in [1.82, 2.24) is 10.1 Å². The molecule has 0 bridgehead atoms. The number of hydrogen-bond acceptors (Lipinski definition) is 6. The largest absolute Gasteiger partial charge is 0.494 e. The lowest BCUT2D eigenvalue weighted by Gasteiger charge is -2.12. The van der Waals surface area contributed by atoms with Gasteiger partial charge in [0.25, 0.3) is 5.89 Å². The van der Waals surface area contributed by atoms with Crippen molar-refractivity contribution in [3.05, 3.63) is 40.5 Å². The first-order valence-corrected chi connectivity index (χ1v) is 8.97. The van der Waals surface area contributed by atoms with Crippen LogP contribution in [0.5, 0.6) is 5.75 Å². The highest BCUT2D eigenvalue weighted by Crippen LogP contribution is 2.23. The van der Waals surface area contributed by atoms with E-state index in [1.165, 1.54) is 0 Å². The first kappa shape index (κ1) is 20.2. The summed E-state index contributed by atoms with van der Waals surface area (Å²) in [5.74, 6) is 1.29. The maximum atomic E-state index is 12.0. The van der Waals surface area contributed by atoms with Crippen molar-refractivity contribution in [2.24, 2.45) is 0 Å². The molecule has 142 valence electrons. The molecule has 2 aromatic rings. The number of ether oxygens (including phenoxy) is 2. The van der Waals surface area contributed by atoms with Gasteiger partial charge in [-0.1, -0.05) is 37.5 Å². The zero-order chi connectivity index (χ0) is 19.3. The third-order valence-corrected chi connectivity index (χ3v) is 4.12. The molecule has 26 heavy (non-hydrogen) atoms. The summed E-state index contributed by atoms with van der Waals surface area (Å²) < 4.78 is 16.1. The molecule has 0 spiro atoms. The van der Waals surface area contributed by atoms with Gasteiger partial charge < -0.3 is 14.0 Å². The zero-order valence-corrected chi connectivity index (χ0v) is 16.6. The molecule has 6 nitrogen and oxygen atoms in total. The molecule has 1 heterocycles. The molecule has 0 aliphatic carbocycles. The molecule has 0 aliphatic heterocycles. The zero-order valence-electron chi connectivity index (χ0n) is 15.8. The lowest BCUT2D eigenvalue weighted by molar-refractivity contribution is -0.150. The van der Waals surface area contributed by atoms with Crippen LogP contribution in [-0.4, -0.2) is 22.7 Å². The van der Waals surface area contributed by atoms with Crippen LogP contribution in [0.3, 0.4) is 0 Å². The van der Waals surface area contributed by atoms with E-state index in [1.807, 2.05) is 33.8 Å². The Bertz CT molecular complexity index is 752. The smallest absolute Gasteiger partial charge is 0.306 e. The van der Waals surface area contributed by atoms with Crippen molar-refractivity contribution in [1.29, 1.82) is 0 Å². The number of hydrogen-bond donors (Lipinski definition) is 0. The van der Waals surface area contributed by atoms with E-state index in [0.29, 0.717) is 29.8 Å². The van der Waals surface area contributed by atoms with E-state index in [9.17, 15) is 4.79 Å². The number of nitrogens with zero attached hydrogens (tertiary/aromatic N) is 2. The quantitative estimate of drug-likeness (QED) is 0.507.